The number of aryl methyl sites for hydroxylation is 1. The molecule has 0 radical (unpaired) electrons. The molecule has 158 valence electrons. The Morgan fingerprint density at radius 2 is 2.10 bits per heavy atom. The van der Waals surface area contributed by atoms with Gasteiger partial charge in [0.2, 0.25) is 5.91 Å². The van der Waals surface area contributed by atoms with Gasteiger partial charge >= 0.3 is 0 Å². The van der Waals surface area contributed by atoms with Gasteiger partial charge in [0.1, 0.15) is 5.75 Å². The second-order valence-electron chi connectivity index (χ2n) is 8.37. The molecule has 2 fully saturated rings. The first-order valence-electron chi connectivity index (χ1n) is 10.8. The lowest BCUT2D eigenvalue weighted by atomic mass is 10.1. The summed E-state index contributed by atoms with van der Waals surface area (Å²) >= 11 is 1.63. The fourth-order valence-corrected chi connectivity index (χ4v) is 5.08. The minimum absolute atomic E-state index is 0.0686. The Balaban J connectivity index is 1.17. The predicted octanol–water partition coefficient (Wildman–Crippen LogP) is 3.45. The van der Waals surface area contributed by atoms with Crippen molar-refractivity contribution in [2.24, 2.45) is 0 Å². The number of fused-ring (bicyclic) bond motifs is 1. The van der Waals surface area contributed by atoms with E-state index >= 15 is 0 Å². The fraction of sp³-hybridized carbons (Fsp3) is 0.478. The zero-order chi connectivity index (χ0) is 20.5. The maximum Gasteiger partial charge on any atom is 0.279 e. The lowest BCUT2D eigenvalue weighted by molar-refractivity contribution is -0.128. The zero-order valence-corrected chi connectivity index (χ0v) is 17.8. The molecule has 6 nitrogen and oxygen atoms in total. The van der Waals surface area contributed by atoms with Crippen LogP contribution in [0.15, 0.2) is 30.3 Å². The van der Waals surface area contributed by atoms with Crippen molar-refractivity contribution in [3.8, 4) is 10.9 Å². The second-order valence-corrected chi connectivity index (χ2v) is 9.42. The molecule has 1 atom stereocenters. The van der Waals surface area contributed by atoms with E-state index in [4.69, 9.17) is 4.74 Å². The summed E-state index contributed by atoms with van der Waals surface area (Å²) in [5.41, 5.74) is 2.28. The third kappa shape index (κ3) is 4.58. The first kappa shape index (κ1) is 19.7. The highest BCUT2D eigenvalue weighted by molar-refractivity contribution is 7.13. The first-order valence-corrected chi connectivity index (χ1v) is 11.6. The largest absolute Gasteiger partial charge is 0.431 e. The second kappa shape index (κ2) is 8.49. The van der Waals surface area contributed by atoms with Crippen LogP contribution < -0.4 is 4.74 Å². The van der Waals surface area contributed by atoms with Crippen LogP contribution in [0.25, 0.3) is 6.08 Å². The first-order chi connectivity index (χ1) is 14.6. The van der Waals surface area contributed by atoms with Crippen molar-refractivity contribution in [3.63, 3.8) is 0 Å². The number of hydrogen-bond acceptors (Lipinski definition) is 6. The number of rotatable bonds is 8. The fourth-order valence-electron chi connectivity index (χ4n) is 4.15. The van der Waals surface area contributed by atoms with Crippen molar-refractivity contribution in [1.29, 1.82) is 0 Å². The van der Waals surface area contributed by atoms with Crippen molar-refractivity contribution < 1.29 is 14.6 Å². The minimum atomic E-state index is -0.501. The molecule has 7 heteroatoms. The van der Waals surface area contributed by atoms with Crippen LogP contribution in [0.1, 0.15) is 41.8 Å². The molecule has 1 N–H and O–H groups in total. The topological polar surface area (TPSA) is 65.9 Å². The standard InChI is InChI=1S/C23H27N3O3S/c27-18-13-22(28)26(15-18)12-11-25(17-7-8-17)14-16-5-9-19(10-6-16)29-23-24-20-3-1-2-4-21(20)30-23/h1,3,5-6,9-10,17-18,27H,2,4,7-8,11-15H2/t18-/m1/s1. The van der Waals surface area contributed by atoms with Crippen LogP contribution in [-0.2, 0) is 17.8 Å². The molecule has 3 aliphatic rings. The maximum absolute atomic E-state index is 11.9. The molecule has 1 amide bonds. The number of ether oxygens (including phenoxy) is 1. The number of allylic oxidation sites excluding steroid dienone is 1. The molecule has 2 heterocycles. The average molecular weight is 426 g/mol. The summed E-state index contributed by atoms with van der Waals surface area (Å²) in [4.78, 5) is 22.0. The number of aliphatic hydroxyl groups is 1. The van der Waals surface area contributed by atoms with Gasteiger partial charge < -0.3 is 14.7 Å². The van der Waals surface area contributed by atoms with Crippen molar-refractivity contribution in [2.45, 2.75) is 50.8 Å². The number of aliphatic hydroxyl groups excluding tert-OH is 1. The molecule has 1 aliphatic heterocycles. The van der Waals surface area contributed by atoms with Crippen molar-refractivity contribution in [1.82, 2.24) is 14.8 Å². The molecule has 0 spiro atoms. The lowest BCUT2D eigenvalue weighted by Gasteiger charge is -2.25. The van der Waals surface area contributed by atoms with Gasteiger partial charge in [-0.05, 0) is 49.5 Å². The number of carbonyl (C=O) groups is 1. The molecule has 5 rings (SSSR count). The summed E-state index contributed by atoms with van der Waals surface area (Å²) in [7, 11) is 0. The summed E-state index contributed by atoms with van der Waals surface area (Å²) < 4.78 is 5.98. The highest BCUT2D eigenvalue weighted by atomic mass is 32.1. The van der Waals surface area contributed by atoms with E-state index in [2.05, 4.69) is 34.2 Å². The van der Waals surface area contributed by atoms with Gasteiger partial charge in [0.15, 0.2) is 0 Å². The molecule has 0 bridgehead atoms. The number of amides is 1. The van der Waals surface area contributed by atoms with Crippen molar-refractivity contribution in [3.05, 3.63) is 46.5 Å². The molecule has 2 aromatic rings. The summed E-state index contributed by atoms with van der Waals surface area (Å²) in [6.07, 6.45) is 8.57. The van der Waals surface area contributed by atoms with Gasteiger partial charge in [-0.25, -0.2) is 4.98 Å². The number of benzene rings is 1. The van der Waals surface area contributed by atoms with E-state index in [0.717, 1.165) is 37.4 Å². The Morgan fingerprint density at radius 3 is 2.80 bits per heavy atom. The molecule has 1 saturated heterocycles. The molecule has 30 heavy (non-hydrogen) atoms. The molecular weight excluding hydrogens is 398 g/mol. The molecule has 0 unspecified atom stereocenters. The monoisotopic (exact) mass is 425 g/mol. The van der Waals surface area contributed by atoms with Gasteiger partial charge in [0, 0.05) is 37.1 Å². The van der Waals surface area contributed by atoms with E-state index in [1.807, 2.05) is 12.1 Å². The van der Waals surface area contributed by atoms with Crippen LogP contribution >= 0.6 is 11.3 Å². The quantitative estimate of drug-likeness (QED) is 0.702. The van der Waals surface area contributed by atoms with Gasteiger partial charge in [-0.1, -0.05) is 29.5 Å². The van der Waals surface area contributed by atoms with Gasteiger partial charge in [-0.15, -0.1) is 0 Å². The van der Waals surface area contributed by atoms with E-state index < -0.39 is 6.10 Å². The summed E-state index contributed by atoms with van der Waals surface area (Å²) in [5, 5.41) is 10.4. The van der Waals surface area contributed by atoms with E-state index in [0.29, 0.717) is 24.3 Å². The Kier molecular flexibility index (Phi) is 5.58. The van der Waals surface area contributed by atoms with E-state index in [-0.39, 0.29) is 12.3 Å². The summed E-state index contributed by atoms with van der Waals surface area (Å²) in [6.45, 7) is 2.88. The highest BCUT2D eigenvalue weighted by Crippen LogP contribution is 2.33. The molecule has 1 aromatic heterocycles. The van der Waals surface area contributed by atoms with E-state index in [9.17, 15) is 9.90 Å². The number of likely N-dealkylation sites (tertiary alicyclic amines) is 1. The highest BCUT2D eigenvalue weighted by Gasteiger charge is 2.32. The number of thiazole rings is 1. The maximum atomic E-state index is 11.9. The van der Waals surface area contributed by atoms with E-state index in [1.54, 1.807) is 16.2 Å². The Hall–Kier alpha value is -2.22. The van der Waals surface area contributed by atoms with Crippen LogP contribution in [0, 0.1) is 0 Å². The summed E-state index contributed by atoms with van der Waals surface area (Å²) in [6, 6.07) is 8.86. The lowest BCUT2D eigenvalue weighted by Crippen LogP contribution is -2.37. The summed E-state index contributed by atoms with van der Waals surface area (Å²) in [5.74, 6) is 0.877. The van der Waals surface area contributed by atoms with Crippen molar-refractivity contribution >= 4 is 23.3 Å². The zero-order valence-electron chi connectivity index (χ0n) is 17.0. The van der Waals surface area contributed by atoms with Gasteiger partial charge in [0.05, 0.1) is 18.2 Å². The van der Waals surface area contributed by atoms with Crippen LogP contribution in [-0.4, -0.2) is 57.6 Å². The van der Waals surface area contributed by atoms with Crippen molar-refractivity contribution in [2.75, 3.05) is 19.6 Å². The van der Waals surface area contributed by atoms with Crippen LogP contribution in [0.4, 0.5) is 0 Å². The number of carbonyl (C=O) groups excluding carboxylic acids is 1. The normalized spacial score (nSPS) is 20.8. The Morgan fingerprint density at radius 1 is 1.27 bits per heavy atom. The third-order valence-corrected chi connectivity index (χ3v) is 6.96. The minimum Gasteiger partial charge on any atom is -0.431 e. The average Bonchev–Trinajstić information content (AvgIpc) is 3.42. The van der Waals surface area contributed by atoms with E-state index in [1.165, 1.54) is 23.3 Å². The number of nitrogens with zero attached hydrogens (tertiary/aromatic N) is 3. The molecule has 1 saturated carbocycles. The molecule has 1 aromatic carbocycles. The van der Waals surface area contributed by atoms with Gasteiger partial charge in [0.25, 0.3) is 5.19 Å². The van der Waals surface area contributed by atoms with Gasteiger partial charge in [-0.2, -0.15) is 0 Å². The smallest absolute Gasteiger partial charge is 0.279 e. The molecule has 2 aliphatic carbocycles. The predicted molar refractivity (Wildman–Crippen MR) is 117 cm³/mol. The Labute approximate surface area is 180 Å². The SMILES string of the molecule is O=C1C[C@@H](O)CN1CCN(Cc1ccc(Oc2nc3c(s2)CCC=C3)cc1)C1CC1. The number of aromatic nitrogens is 1. The number of hydrogen-bond donors (Lipinski definition) is 1. The van der Waals surface area contributed by atoms with Crippen LogP contribution in [0.5, 0.6) is 10.9 Å². The Bertz CT molecular complexity index is 936. The molecular formula is C23H27N3O3S. The van der Waals surface area contributed by atoms with Crippen LogP contribution in [0.2, 0.25) is 0 Å². The van der Waals surface area contributed by atoms with Crippen LogP contribution in [0.3, 0.4) is 0 Å². The van der Waals surface area contributed by atoms with Gasteiger partial charge in [-0.3, -0.25) is 9.69 Å². The number of β-amino-alcohol motifs (C(OH)–C–C–N with tert-alkyl or cyclic N) is 1. The third-order valence-electron chi connectivity index (χ3n) is 5.95.